The minimum absolute atomic E-state index is 0.717. The summed E-state index contributed by atoms with van der Waals surface area (Å²) < 4.78 is 11.1. The lowest BCUT2D eigenvalue weighted by molar-refractivity contribution is -0.627. The molecule has 0 amide bonds. The summed E-state index contributed by atoms with van der Waals surface area (Å²) in [5.74, 6) is 1.65. The molecule has 0 spiro atoms. The zero-order valence-electron chi connectivity index (χ0n) is 10.7. The van der Waals surface area contributed by atoms with E-state index in [0.717, 1.165) is 43.1 Å². The largest absolute Gasteiger partial charge is 0.493 e. The normalized spacial score (nSPS) is 10.0. The smallest absolute Gasteiger partial charge is 0.164 e. The van der Waals surface area contributed by atoms with Gasteiger partial charge in [-0.15, -0.1) is 6.58 Å². The second-order valence-electron chi connectivity index (χ2n) is 3.84. The van der Waals surface area contributed by atoms with Gasteiger partial charge in [0.15, 0.2) is 11.5 Å². The van der Waals surface area contributed by atoms with Gasteiger partial charge in [0.25, 0.3) is 0 Å². The molecule has 3 heteroatoms. The van der Waals surface area contributed by atoms with Crippen molar-refractivity contribution in [3.8, 4) is 11.5 Å². The molecule has 1 rings (SSSR count). The van der Waals surface area contributed by atoms with E-state index in [1.165, 1.54) is 0 Å². The van der Waals surface area contributed by atoms with Gasteiger partial charge in [-0.2, -0.15) is 0 Å². The maximum atomic E-state index is 5.82. The Morgan fingerprint density at radius 1 is 1.41 bits per heavy atom. The van der Waals surface area contributed by atoms with Crippen LogP contribution in [-0.2, 0) is 6.42 Å². The number of quaternary nitrogens is 1. The Balaban J connectivity index is 2.73. The van der Waals surface area contributed by atoms with E-state index < -0.39 is 0 Å². The second-order valence-corrected chi connectivity index (χ2v) is 3.84. The van der Waals surface area contributed by atoms with Crippen molar-refractivity contribution >= 4 is 0 Å². The number of nitrogens with two attached hydrogens (primary N) is 1. The molecule has 94 valence electrons. The van der Waals surface area contributed by atoms with Gasteiger partial charge in [0.2, 0.25) is 0 Å². The maximum absolute atomic E-state index is 5.82. The van der Waals surface area contributed by atoms with Gasteiger partial charge in [0.05, 0.1) is 27.3 Å². The first-order valence-electron chi connectivity index (χ1n) is 6.00. The van der Waals surface area contributed by atoms with Crippen LogP contribution in [0.3, 0.4) is 0 Å². The van der Waals surface area contributed by atoms with Crippen LogP contribution in [0.15, 0.2) is 30.9 Å². The third kappa shape index (κ3) is 4.11. The first-order chi connectivity index (χ1) is 8.33. The summed E-state index contributed by atoms with van der Waals surface area (Å²) in [4.78, 5) is 0. The minimum atomic E-state index is 0.717. The van der Waals surface area contributed by atoms with Crippen molar-refractivity contribution in [2.24, 2.45) is 0 Å². The predicted molar refractivity (Wildman–Crippen MR) is 69.7 cm³/mol. The molecule has 3 nitrogen and oxygen atoms in total. The van der Waals surface area contributed by atoms with E-state index in [1.807, 2.05) is 24.3 Å². The molecule has 0 bridgehead atoms. The molecule has 1 aromatic rings. The van der Waals surface area contributed by atoms with Crippen molar-refractivity contribution in [3.63, 3.8) is 0 Å². The van der Waals surface area contributed by atoms with E-state index in [1.54, 1.807) is 7.11 Å². The number of ether oxygens (including phenoxy) is 2. The van der Waals surface area contributed by atoms with E-state index in [4.69, 9.17) is 9.47 Å². The zero-order chi connectivity index (χ0) is 12.5. The molecule has 0 fully saturated rings. The topological polar surface area (TPSA) is 35.1 Å². The summed E-state index contributed by atoms with van der Waals surface area (Å²) in [5.41, 5.74) is 1.12. The van der Waals surface area contributed by atoms with Gasteiger partial charge in [-0.1, -0.05) is 18.2 Å². The second kappa shape index (κ2) is 7.74. The highest BCUT2D eigenvalue weighted by Gasteiger charge is 2.09. The van der Waals surface area contributed by atoms with Crippen LogP contribution in [0.4, 0.5) is 0 Å². The molecule has 2 N–H and O–H groups in total. The number of allylic oxidation sites excluding steroid dienone is 1. The highest BCUT2D eigenvalue weighted by Crippen LogP contribution is 2.31. The Labute approximate surface area is 103 Å². The van der Waals surface area contributed by atoms with Crippen LogP contribution >= 0.6 is 0 Å². The summed E-state index contributed by atoms with van der Waals surface area (Å²) in [5, 5.41) is 2.15. The van der Waals surface area contributed by atoms with Crippen LogP contribution in [0.25, 0.3) is 0 Å². The number of rotatable bonds is 8. The van der Waals surface area contributed by atoms with Gasteiger partial charge in [0, 0.05) is 12.0 Å². The standard InChI is InChI=1S/C14H21NO2/c1-4-7-12-8-5-9-13(16-3)14(12)17-11-6-10-15-2/h4-5,8-9,15H,1,6-7,10-11H2,2-3H3/p+1. The number of methoxy groups -OCH3 is 1. The predicted octanol–water partition coefficient (Wildman–Crippen LogP) is 1.39. The first-order valence-corrected chi connectivity index (χ1v) is 6.00. The third-order valence-electron chi connectivity index (χ3n) is 2.53. The monoisotopic (exact) mass is 236 g/mol. The Bertz CT molecular complexity index is 350. The number of hydrogen-bond acceptors (Lipinski definition) is 2. The lowest BCUT2D eigenvalue weighted by Crippen LogP contribution is -2.79. The molecule has 0 saturated heterocycles. The molecule has 0 aliphatic heterocycles. The van der Waals surface area contributed by atoms with Crippen molar-refractivity contribution in [1.29, 1.82) is 0 Å². The van der Waals surface area contributed by atoms with Crippen LogP contribution in [0.2, 0.25) is 0 Å². The maximum Gasteiger partial charge on any atom is 0.164 e. The fraction of sp³-hybridized carbons (Fsp3) is 0.429. The molecular weight excluding hydrogens is 214 g/mol. The van der Waals surface area contributed by atoms with Crippen molar-refractivity contribution in [3.05, 3.63) is 36.4 Å². The highest BCUT2D eigenvalue weighted by molar-refractivity contribution is 5.47. The van der Waals surface area contributed by atoms with Crippen molar-refractivity contribution in [2.45, 2.75) is 12.8 Å². The average Bonchev–Trinajstić information content (AvgIpc) is 2.36. The van der Waals surface area contributed by atoms with E-state index >= 15 is 0 Å². The molecular formula is C14H22NO2+. The quantitative estimate of drug-likeness (QED) is 0.547. The molecule has 0 aliphatic carbocycles. The molecule has 1 aromatic carbocycles. The molecule has 17 heavy (non-hydrogen) atoms. The van der Waals surface area contributed by atoms with Crippen molar-refractivity contribution in [1.82, 2.24) is 0 Å². The summed E-state index contributed by atoms with van der Waals surface area (Å²) in [7, 11) is 3.73. The lowest BCUT2D eigenvalue weighted by Gasteiger charge is -2.13. The summed E-state index contributed by atoms with van der Waals surface area (Å²) in [6, 6.07) is 5.95. The van der Waals surface area contributed by atoms with Crippen molar-refractivity contribution < 1.29 is 14.8 Å². The molecule has 0 unspecified atom stereocenters. The third-order valence-corrected chi connectivity index (χ3v) is 2.53. The fourth-order valence-corrected chi connectivity index (χ4v) is 1.66. The average molecular weight is 236 g/mol. The summed E-state index contributed by atoms with van der Waals surface area (Å²) in [6.45, 7) is 5.55. The zero-order valence-corrected chi connectivity index (χ0v) is 10.7. The Morgan fingerprint density at radius 3 is 2.88 bits per heavy atom. The number of benzene rings is 1. The van der Waals surface area contributed by atoms with Gasteiger partial charge < -0.3 is 14.8 Å². The first kappa shape index (κ1) is 13.6. The molecule has 0 aromatic heterocycles. The van der Waals surface area contributed by atoms with E-state index in [2.05, 4.69) is 18.9 Å². The van der Waals surface area contributed by atoms with E-state index in [-0.39, 0.29) is 0 Å². The summed E-state index contributed by atoms with van der Waals surface area (Å²) >= 11 is 0. The molecule has 0 saturated carbocycles. The van der Waals surface area contributed by atoms with Crippen LogP contribution in [0.1, 0.15) is 12.0 Å². The van der Waals surface area contributed by atoms with Crippen LogP contribution in [0.5, 0.6) is 11.5 Å². The Hall–Kier alpha value is -1.48. The van der Waals surface area contributed by atoms with Crippen molar-refractivity contribution in [2.75, 3.05) is 27.3 Å². The van der Waals surface area contributed by atoms with E-state index in [0.29, 0.717) is 0 Å². The van der Waals surface area contributed by atoms with Crippen LogP contribution in [-0.4, -0.2) is 27.3 Å². The Morgan fingerprint density at radius 2 is 2.24 bits per heavy atom. The lowest BCUT2D eigenvalue weighted by atomic mass is 10.1. The molecule has 0 heterocycles. The van der Waals surface area contributed by atoms with Gasteiger partial charge in [-0.05, 0) is 12.5 Å². The SMILES string of the molecule is C=CCc1cccc(OC)c1OCCC[NH2+]C. The number of hydrogen-bond donors (Lipinski definition) is 1. The van der Waals surface area contributed by atoms with Crippen LogP contribution in [0, 0.1) is 0 Å². The van der Waals surface area contributed by atoms with Gasteiger partial charge in [0.1, 0.15) is 0 Å². The molecule has 0 aliphatic rings. The van der Waals surface area contributed by atoms with Gasteiger partial charge in [-0.3, -0.25) is 0 Å². The molecule has 0 radical (unpaired) electrons. The summed E-state index contributed by atoms with van der Waals surface area (Å²) in [6.07, 6.45) is 3.70. The fourth-order valence-electron chi connectivity index (χ4n) is 1.66. The van der Waals surface area contributed by atoms with E-state index in [9.17, 15) is 0 Å². The van der Waals surface area contributed by atoms with Crippen LogP contribution < -0.4 is 14.8 Å². The minimum Gasteiger partial charge on any atom is -0.493 e. The molecule has 0 atom stereocenters. The van der Waals surface area contributed by atoms with Gasteiger partial charge >= 0.3 is 0 Å². The van der Waals surface area contributed by atoms with Gasteiger partial charge in [-0.25, -0.2) is 0 Å². The Kier molecular flexibility index (Phi) is 6.18. The number of para-hydroxylation sites is 1. The highest BCUT2D eigenvalue weighted by atomic mass is 16.5.